The number of hydrogen-bond donors (Lipinski definition) is 0. The first-order valence-corrected chi connectivity index (χ1v) is 21.9. The Morgan fingerprint density at radius 3 is 2.26 bits per heavy atom. The number of fused-ring (bicyclic) bond motifs is 6. The van der Waals surface area contributed by atoms with Crippen molar-refractivity contribution < 1.29 is 33.3 Å². The third-order valence-corrected chi connectivity index (χ3v) is 13.1. The number of hydrogen-bond acceptors (Lipinski definition) is 3. The predicted octanol–water partition coefficient (Wildman–Crippen LogP) is 11.9. The van der Waals surface area contributed by atoms with Crippen LogP contribution in [0.25, 0.3) is 55.6 Å². The van der Waals surface area contributed by atoms with Crippen LogP contribution in [-0.4, -0.2) is 18.0 Å². The number of rotatable bonds is 6. The molecule has 0 aliphatic heterocycles. The molecule has 7 heteroatoms. The Bertz CT molecular complexity index is 2350. The summed E-state index contributed by atoms with van der Waals surface area (Å²) in [4.78, 5) is 9.20. The average Bonchev–Trinajstić information content (AvgIpc) is 3.55. The van der Waals surface area contributed by atoms with Crippen molar-refractivity contribution in [3.05, 3.63) is 139 Å². The van der Waals surface area contributed by atoms with E-state index in [9.17, 15) is 8.78 Å². The maximum Gasteiger partial charge on any atom is 0.159 e. The topological polar surface area (TPSA) is 38.9 Å². The fourth-order valence-electron chi connectivity index (χ4n) is 8.14. The van der Waals surface area contributed by atoms with E-state index in [-0.39, 0.29) is 20.1 Å². The van der Waals surface area contributed by atoms with Crippen molar-refractivity contribution in [2.45, 2.75) is 58.2 Å². The Morgan fingerprint density at radius 1 is 0.755 bits per heavy atom. The van der Waals surface area contributed by atoms with Gasteiger partial charge in [0.05, 0.1) is 13.7 Å². The molecule has 3 aliphatic carbocycles. The second kappa shape index (κ2) is 15.6. The summed E-state index contributed by atoms with van der Waals surface area (Å²) < 4.78 is 33.6. The van der Waals surface area contributed by atoms with Crippen LogP contribution < -0.4 is 5.19 Å². The SMILES string of the molecule is C[Si](C)(C)c1ccc(-c2[c-]cccc2)nc1.Fc1ccc(-c2ccc3c(c2)oc2c(-c4cc(CC5CC6CCC5CC6)ccn4)[c-]ccc23)cc1F.[Ir]. The fourth-order valence-corrected chi connectivity index (χ4v) is 9.18. The maximum atomic E-state index is 13.8. The van der Waals surface area contributed by atoms with Crippen molar-refractivity contribution in [3.8, 4) is 33.6 Å². The molecule has 1 atom stereocenters. The van der Waals surface area contributed by atoms with E-state index < -0.39 is 19.7 Å². The number of halogens is 2. The van der Waals surface area contributed by atoms with Gasteiger partial charge >= 0.3 is 0 Å². The van der Waals surface area contributed by atoms with Gasteiger partial charge in [0.15, 0.2) is 11.6 Å². The molecule has 0 amide bonds. The quantitative estimate of drug-likeness (QED) is 0.123. The molecular formula is C46H42F2IrN2OSi-2. The van der Waals surface area contributed by atoms with E-state index in [4.69, 9.17) is 4.42 Å². The van der Waals surface area contributed by atoms with E-state index in [1.165, 1.54) is 48.9 Å². The van der Waals surface area contributed by atoms with Crippen molar-refractivity contribution in [1.82, 2.24) is 9.97 Å². The van der Waals surface area contributed by atoms with Crippen LogP contribution in [0.5, 0.6) is 0 Å². The molecule has 3 nitrogen and oxygen atoms in total. The van der Waals surface area contributed by atoms with Crippen molar-refractivity contribution in [3.63, 3.8) is 0 Å². The molecule has 4 aromatic carbocycles. The van der Waals surface area contributed by atoms with Gasteiger partial charge in [0.2, 0.25) is 0 Å². The molecule has 7 aromatic rings. The normalized spacial score (nSPS) is 18.0. The fraction of sp³-hybridized carbons (Fsp3) is 0.261. The number of furan rings is 1. The average molecular weight is 897 g/mol. The summed E-state index contributed by atoms with van der Waals surface area (Å²) in [6.45, 7) is 7.00. The molecule has 10 rings (SSSR count). The summed E-state index contributed by atoms with van der Waals surface area (Å²) in [6, 6.07) is 36.8. The summed E-state index contributed by atoms with van der Waals surface area (Å²) >= 11 is 0. The van der Waals surface area contributed by atoms with Gasteiger partial charge in [0.25, 0.3) is 0 Å². The van der Waals surface area contributed by atoms with Crippen LogP contribution in [0, 0.1) is 41.5 Å². The van der Waals surface area contributed by atoms with Gasteiger partial charge in [-0.1, -0.05) is 85.4 Å². The second-order valence-corrected chi connectivity index (χ2v) is 20.6. The number of benzene rings is 4. The van der Waals surface area contributed by atoms with Gasteiger partial charge in [-0.3, -0.25) is 0 Å². The summed E-state index contributed by atoms with van der Waals surface area (Å²) in [5, 5.41) is 3.36. The van der Waals surface area contributed by atoms with E-state index in [1.807, 2.05) is 67.0 Å². The first kappa shape index (κ1) is 37.0. The van der Waals surface area contributed by atoms with Crippen LogP contribution in [0.4, 0.5) is 8.78 Å². The maximum absolute atomic E-state index is 13.8. The van der Waals surface area contributed by atoms with Gasteiger partial charge < -0.3 is 14.4 Å². The van der Waals surface area contributed by atoms with Gasteiger partial charge in [-0.05, 0) is 95.4 Å². The largest absolute Gasteiger partial charge is 0.501 e. The molecule has 3 aromatic heterocycles. The molecule has 2 bridgehead atoms. The van der Waals surface area contributed by atoms with Crippen LogP contribution >= 0.6 is 0 Å². The van der Waals surface area contributed by atoms with E-state index in [2.05, 4.69) is 66.0 Å². The Balaban J connectivity index is 0.000000216. The third-order valence-electron chi connectivity index (χ3n) is 11.1. The number of nitrogens with zero attached hydrogens (tertiary/aromatic N) is 2. The van der Waals surface area contributed by atoms with Crippen LogP contribution in [-0.2, 0) is 26.5 Å². The smallest absolute Gasteiger partial charge is 0.159 e. The standard InChI is InChI=1S/C32H26F2NO.C14H16NSi.Ir/c33-28-11-9-22(17-29(28)34)23-8-10-25-26-2-1-3-27(32(26)36-31(25)18-23)30-16-20(12-13-35-30)15-24-14-19-4-6-21(24)7-5-19;1-16(2,3)13-9-10-14(15-11-13)12-7-5-4-6-8-12;/h1-2,8-13,16-19,21,24H,4-7,14-15H2;4-7,9-11H,1-3H3;/q2*-1;. The van der Waals surface area contributed by atoms with Gasteiger partial charge in [-0.25, -0.2) is 8.78 Å². The minimum atomic E-state index is -1.23. The zero-order chi connectivity index (χ0) is 35.8. The summed E-state index contributed by atoms with van der Waals surface area (Å²) in [6.07, 6.45) is 12.0. The Hall–Kier alpha value is -4.29. The number of pyridine rings is 2. The third kappa shape index (κ3) is 7.99. The molecule has 3 heterocycles. The molecule has 1 radical (unpaired) electrons. The van der Waals surface area contributed by atoms with E-state index >= 15 is 0 Å². The van der Waals surface area contributed by atoms with Crippen LogP contribution in [0.3, 0.4) is 0 Å². The molecule has 0 N–H and O–H groups in total. The van der Waals surface area contributed by atoms with E-state index in [0.29, 0.717) is 11.1 Å². The second-order valence-electron chi connectivity index (χ2n) is 15.5. The van der Waals surface area contributed by atoms with Gasteiger partial charge in [-0.2, -0.15) is 0 Å². The Labute approximate surface area is 325 Å². The van der Waals surface area contributed by atoms with Gasteiger partial charge in [0, 0.05) is 37.9 Å². The van der Waals surface area contributed by atoms with Crippen LogP contribution in [0.1, 0.15) is 37.7 Å². The molecule has 0 saturated heterocycles. The van der Waals surface area contributed by atoms with E-state index in [0.717, 1.165) is 74.7 Å². The Morgan fingerprint density at radius 2 is 1.57 bits per heavy atom. The monoisotopic (exact) mass is 897 g/mol. The summed E-state index contributed by atoms with van der Waals surface area (Å²) in [5.74, 6) is 0.875. The molecule has 1 unspecified atom stereocenters. The molecule has 271 valence electrons. The molecule has 0 spiro atoms. The molecule has 53 heavy (non-hydrogen) atoms. The number of aromatic nitrogens is 2. The van der Waals surface area contributed by atoms with Gasteiger partial charge in [0.1, 0.15) is 5.58 Å². The minimum Gasteiger partial charge on any atom is -0.501 e. The summed E-state index contributed by atoms with van der Waals surface area (Å²) in [5.41, 5.74) is 7.94. The molecule has 3 saturated carbocycles. The molecular weight excluding hydrogens is 855 g/mol. The van der Waals surface area contributed by atoms with E-state index in [1.54, 1.807) is 6.07 Å². The first-order valence-electron chi connectivity index (χ1n) is 18.4. The van der Waals surface area contributed by atoms with Crippen molar-refractivity contribution in [1.29, 1.82) is 0 Å². The predicted molar refractivity (Wildman–Crippen MR) is 210 cm³/mol. The zero-order valence-electron chi connectivity index (χ0n) is 30.3. The van der Waals surface area contributed by atoms with Crippen LogP contribution in [0.2, 0.25) is 19.6 Å². The Kier molecular flexibility index (Phi) is 10.9. The first-order chi connectivity index (χ1) is 25.2. The van der Waals surface area contributed by atoms with Crippen molar-refractivity contribution >= 4 is 35.2 Å². The molecule has 3 fully saturated rings. The van der Waals surface area contributed by atoms with Gasteiger partial charge in [-0.15, -0.1) is 54.1 Å². The zero-order valence-corrected chi connectivity index (χ0v) is 33.7. The van der Waals surface area contributed by atoms with Crippen molar-refractivity contribution in [2.75, 3.05) is 0 Å². The van der Waals surface area contributed by atoms with Crippen LogP contribution in [0.15, 0.2) is 114 Å². The summed E-state index contributed by atoms with van der Waals surface area (Å²) in [7, 11) is -1.23. The van der Waals surface area contributed by atoms with Crippen molar-refractivity contribution in [2.24, 2.45) is 17.8 Å². The minimum absolute atomic E-state index is 0. The molecule has 3 aliphatic rings.